The highest BCUT2D eigenvalue weighted by Crippen LogP contribution is 2.19. The van der Waals surface area contributed by atoms with Crippen LogP contribution in [0.2, 0.25) is 0 Å². The molecule has 0 spiro atoms. The number of nitrogens with one attached hydrogen (secondary N) is 2. The summed E-state index contributed by atoms with van der Waals surface area (Å²) >= 11 is 0. The number of aromatic amines is 1. The molecule has 1 aliphatic rings. The van der Waals surface area contributed by atoms with Gasteiger partial charge in [-0.25, -0.2) is 4.98 Å². The number of likely N-dealkylation sites (N-methyl/N-ethyl adjacent to an activating group) is 1. The molecule has 0 atom stereocenters. The van der Waals surface area contributed by atoms with E-state index in [-0.39, 0.29) is 5.56 Å². The van der Waals surface area contributed by atoms with Crippen molar-refractivity contribution in [3.8, 4) is 0 Å². The van der Waals surface area contributed by atoms with E-state index in [9.17, 15) is 9.59 Å². The van der Waals surface area contributed by atoms with Gasteiger partial charge in [0.05, 0.1) is 6.33 Å². The van der Waals surface area contributed by atoms with Crippen LogP contribution in [0, 0.1) is 0 Å². The first-order valence-corrected chi connectivity index (χ1v) is 7.51. The van der Waals surface area contributed by atoms with Crippen LogP contribution in [0.15, 0.2) is 41.6 Å². The molecule has 0 saturated carbocycles. The molecule has 3 rings (SSSR count). The third-order valence-electron chi connectivity index (χ3n) is 3.96. The van der Waals surface area contributed by atoms with E-state index in [1.54, 1.807) is 0 Å². The summed E-state index contributed by atoms with van der Waals surface area (Å²) in [7, 11) is 2.12. The fourth-order valence-electron chi connectivity index (χ4n) is 2.52. The van der Waals surface area contributed by atoms with Crippen molar-refractivity contribution in [3.05, 3.63) is 52.7 Å². The highest BCUT2D eigenvalue weighted by atomic mass is 16.2. The number of piperazine rings is 1. The molecule has 0 bridgehead atoms. The molecule has 23 heavy (non-hydrogen) atoms. The summed E-state index contributed by atoms with van der Waals surface area (Å²) in [5.74, 6) is -0.466. The number of benzene rings is 1. The van der Waals surface area contributed by atoms with Gasteiger partial charge in [0.15, 0.2) is 0 Å². The van der Waals surface area contributed by atoms with Crippen LogP contribution in [0.1, 0.15) is 10.4 Å². The van der Waals surface area contributed by atoms with Crippen LogP contribution in [0.5, 0.6) is 0 Å². The quantitative estimate of drug-likeness (QED) is 0.875. The SMILES string of the molecule is CN1CCN(c2ccc(NC(=O)c3cnc[nH]c3=O)cc2)CC1. The Hall–Kier alpha value is -2.67. The molecule has 0 unspecified atom stereocenters. The zero-order valence-electron chi connectivity index (χ0n) is 13.0. The monoisotopic (exact) mass is 313 g/mol. The van der Waals surface area contributed by atoms with Crippen LogP contribution in [0.4, 0.5) is 11.4 Å². The van der Waals surface area contributed by atoms with Crippen molar-refractivity contribution in [2.75, 3.05) is 43.4 Å². The summed E-state index contributed by atoms with van der Waals surface area (Å²) in [5, 5.41) is 2.71. The molecule has 1 aromatic carbocycles. The minimum absolute atomic E-state index is 0.00403. The normalized spacial score (nSPS) is 15.4. The molecule has 1 amide bonds. The smallest absolute Gasteiger partial charge is 0.263 e. The van der Waals surface area contributed by atoms with E-state index in [2.05, 4.69) is 32.1 Å². The number of hydrogen-bond acceptors (Lipinski definition) is 5. The van der Waals surface area contributed by atoms with Crippen molar-refractivity contribution in [2.24, 2.45) is 0 Å². The van der Waals surface area contributed by atoms with E-state index in [0.717, 1.165) is 31.9 Å². The lowest BCUT2D eigenvalue weighted by atomic mass is 10.2. The highest BCUT2D eigenvalue weighted by Gasteiger charge is 2.15. The van der Waals surface area contributed by atoms with E-state index in [1.807, 2.05) is 24.3 Å². The zero-order chi connectivity index (χ0) is 16.2. The predicted octanol–water partition coefficient (Wildman–Crippen LogP) is 0.774. The van der Waals surface area contributed by atoms with Crippen molar-refractivity contribution in [3.63, 3.8) is 0 Å². The summed E-state index contributed by atoms with van der Waals surface area (Å²) in [6, 6.07) is 7.65. The number of amides is 1. The number of carbonyl (C=O) groups excluding carboxylic acids is 1. The number of nitrogens with zero attached hydrogens (tertiary/aromatic N) is 3. The molecule has 1 fully saturated rings. The lowest BCUT2D eigenvalue weighted by Crippen LogP contribution is -2.44. The minimum atomic E-state index is -0.466. The number of rotatable bonds is 3. The maximum atomic E-state index is 12.1. The molecule has 1 saturated heterocycles. The van der Waals surface area contributed by atoms with Crippen molar-refractivity contribution in [1.82, 2.24) is 14.9 Å². The molecule has 2 aromatic rings. The van der Waals surface area contributed by atoms with Crippen LogP contribution in [0.3, 0.4) is 0 Å². The van der Waals surface area contributed by atoms with E-state index in [0.29, 0.717) is 5.69 Å². The Morgan fingerprint density at radius 2 is 1.87 bits per heavy atom. The summed E-state index contributed by atoms with van der Waals surface area (Å²) in [6.45, 7) is 4.07. The van der Waals surface area contributed by atoms with Gasteiger partial charge in [-0.1, -0.05) is 0 Å². The second-order valence-corrected chi connectivity index (χ2v) is 5.59. The van der Waals surface area contributed by atoms with Crippen molar-refractivity contribution < 1.29 is 4.79 Å². The number of anilines is 2. The van der Waals surface area contributed by atoms with Gasteiger partial charge in [-0.15, -0.1) is 0 Å². The Kier molecular flexibility index (Phi) is 4.38. The Balaban J connectivity index is 1.67. The van der Waals surface area contributed by atoms with Crippen LogP contribution in [0.25, 0.3) is 0 Å². The number of H-pyrrole nitrogens is 1. The van der Waals surface area contributed by atoms with E-state index in [4.69, 9.17) is 0 Å². The zero-order valence-corrected chi connectivity index (χ0v) is 13.0. The topological polar surface area (TPSA) is 81.3 Å². The van der Waals surface area contributed by atoms with Crippen LogP contribution < -0.4 is 15.8 Å². The Morgan fingerprint density at radius 3 is 2.52 bits per heavy atom. The van der Waals surface area contributed by atoms with Gasteiger partial charge in [0, 0.05) is 43.8 Å². The summed E-state index contributed by atoms with van der Waals surface area (Å²) in [6.07, 6.45) is 2.51. The molecular formula is C16H19N5O2. The first kappa shape index (κ1) is 15.2. The minimum Gasteiger partial charge on any atom is -0.369 e. The average Bonchev–Trinajstić information content (AvgIpc) is 2.57. The van der Waals surface area contributed by atoms with Crippen LogP contribution in [-0.4, -0.2) is 54.0 Å². The third-order valence-corrected chi connectivity index (χ3v) is 3.96. The first-order chi connectivity index (χ1) is 11.1. The fourth-order valence-corrected chi connectivity index (χ4v) is 2.52. The standard InChI is InChI=1S/C16H19N5O2/c1-20-6-8-21(9-7-20)13-4-2-12(3-5-13)19-16(23)14-10-17-11-18-15(14)22/h2-5,10-11H,6-9H2,1H3,(H,19,23)(H,17,18,22). The Morgan fingerprint density at radius 1 is 1.17 bits per heavy atom. The average molecular weight is 313 g/mol. The van der Waals surface area contributed by atoms with Gasteiger partial charge in [-0.3, -0.25) is 9.59 Å². The predicted molar refractivity (Wildman–Crippen MR) is 89.0 cm³/mol. The molecular weight excluding hydrogens is 294 g/mol. The second-order valence-electron chi connectivity index (χ2n) is 5.59. The van der Waals surface area contributed by atoms with Gasteiger partial charge in [0.25, 0.3) is 11.5 Å². The van der Waals surface area contributed by atoms with E-state index >= 15 is 0 Å². The molecule has 2 N–H and O–H groups in total. The largest absolute Gasteiger partial charge is 0.369 e. The van der Waals surface area contributed by atoms with Gasteiger partial charge >= 0.3 is 0 Å². The fraction of sp³-hybridized carbons (Fsp3) is 0.312. The van der Waals surface area contributed by atoms with Crippen molar-refractivity contribution in [2.45, 2.75) is 0 Å². The molecule has 120 valence electrons. The highest BCUT2D eigenvalue weighted by molar-refractivity contribution is 6.03. The first-order valence-electron chi connectivity index (χ1n) is 7.51. The molecule has 1 aliphatic heterocycles. The summed E-state index contributed by atoms with van der Waals surface area (Å²) < 4.78 is 0. The molecule has 0 radical (unpaired) electrons. The van der Waals surface area contributed by atoms with Gasteiger partial charge in [-0.05, 0) is 31.3 Å². The number of aromatic nitrogens is 2. The Labute approximate surface area is 134 Å². The van der Waals surface area contributed by atoms with Crippen LogP contribution in [-0.2, 0) is 0 Å². The molecule has 7 heteroatoms. The molecule has 1 aromatic heterocycles. The van der Waals surface area contributed by atoms with Gasteiger partial charge < -0.3 is 20.1 Å². The summed E-state index contributed by atoms with van der Waals surface area (Å²) in [5.41, 5.74) is 1.33. The number of hydrogen-bond donors (Lipinski definition) is 2. The maximum absolute atomic E-state index is 12.1. The van der Waals surface area contributed by atoms with Gasteiger partial charge in [0.2, 0.25) is 0 Å². The van der Waals surface area contributed by atoms with Gasteiger partial charge in [-0.2, -0.15) is 0 Å². The molecule has 2 heterocycles. The lowest BCUT2D eigenvalue weighted by molar-refractivity contribution is 0.102. The maximum Gasteiger partial charge on any atom is 0.263 e. The number of carbonyl (C=O) groups is 1. The lowest BCUT2D eigenvalue weighted by Gasteiger charge is -2.34. The summed E-state index contributed by atoms with van der Waals surface area (Å²) in [4.78, 5) is 34.4. The second kappa shape index (κ2) is 6.62. The van der Waals surface area contributed by atoms with E-state index in [1.165, 1.54) is 12.5 Å². The molecule has 0 aliphatic carbocycles. The van der Waals surface area contributed by atoms with Gasteiger partial charge in [0.1, 0.15) is 5.56 Å². The molecule has 7 nitrogen and oxygen atoms in total. The van der Waals surface area contributed by atoms with E-state index < -0.39 is 11.5 Å². The van der Waals surface area contributed by atoms with Crippen molar-refractivity contribution in [1.29, 1.82) is 0 Å². The van der Waals surface area contributed by atoms with Crippen molar-refractivity contribution >= 4 is 17.3 Å². The van der Waals surface area contributed by atoms with Crippen LogP contribution >= 0.6 is 0 Å². The Bertz CT molecular complexity index is 733. The third kappa shape index (κ3) is 3.57.